The topological polar surface area (TPSA) is 78.9 Å². The van der Waals surface area contributed by atoms with Crippen molar-refractivity contribution in [3.05, 3.63) is 109 Å². The van der Waals surface area contributed by atoms with Gasteiger partial charge in [0.2, 0.25) is 0 Å². The second-order valence-corrected chi connectivity index (χ2v) is 16.1. The molecule has 0 aromatic rings. The summed E-state index contributed by atoms with van der Waals surface area (Å²) >= 11 is 0. The molecule has 0 radical (unpaired) electrons. The van der Waals surface area contributed by atoms with Crippen molar-refractivity contribution in [3.63, 3.8) is 0 Å². The highest BCUT2D eigenvalue weighted by Gasteiger charge is 2.19. The summed E-state index contributed by atoms with van der Waals surface area (Å²) in [6.07, 6.45) is 66.5. The summed E-state index contributed by atoms with van der Waals surface area (Å²) < 4.78 is 16.7. The molecule has 6 heteroatoms. The van der Waals surface area contributed by atoms with Crippen LogP contribution >= 0.6 is 0 Å². The van der Waals surface area contributed by atoms with Crippen molar-refractivity contribution in [3.8, 4) is 0 Å². The van der Waals surface area contributed by atoms with Crippen molar-refractivity contribution in [2.75, 3.05) is 13.2 Å². The van der Waals surface area contributed by atoms with Gasteiger partial charge in [-0.3, -0.25) is 14.4 Å². The lowest BCUT2D eigenvalue weighted by atomic mass is 10.0. The largest absolute Gasteiger partial charge is 0.462 e. The van der Waals surface area contributed by atoms with Gasteiger partial charge in [0.25, 0.3) is 0 Å². The highest BCUT2D eigenvalue weighted by molar-refractivity contribution is 5.71. The van der Waals surface area contributed by atoms with Gasteiger partial charge in [0.15, 0.2) is 6.10 Å². The van der Waals surface area contributed by atoms with Crippen LogP contribution in [0.5, 0.6) is 0 Å². The Bertz CT molecular complexity index is 1310. The normalized spacial score (nSPS) is 13.0. The van der Waals surface area contributed by atoms with Crippen LogP contribution in [0.1, 0.15) is 207 Å². The van der Waals surface area contributed by atoms with Crippen LogP contribution in [-0.4, -0.2) is 37.2 Å². The van der Waals surface area contributed by atoms with Gasteiger partial charge in [-0.15, -0.1) is 0 Å². The Morgan fingerprint density at radius 3 is 1.23 bits per heavy atom. The second kappa shape index (κ2) is 49.7. The van der Waals surface area contributed by atoms with Crippen molar-refractivity contribution in [1.29, 1.82) is 0 Å². The van der Waals surface area contributed by atoms with E-state index in [0.717, 1.165) is 83.5 Å². The summed E-state index contributed by atoms with van der Waals surface area (Å²) in [6, 6.07) is 0. The fourth-order valence-electron chi connectivity index (χ4n) is 6.46. The van der Waals surface area contributed by atoms with Crippen LogP contribution in [-0.2, 0) is 28.6 Å². The minimum atomic E-state index is -0.819. The van der Waals surface area contributed by atoms with Crippen molar-refractivity contribution < 1.29 is 28.6 Å². The molecule has 0 aliphatic heterocycles. The predicted octanol–water partition coefficient (Wildman–Crippen LogP) is 16.4. The first-order chi connectivity index (χ1) is 30.5. The molecule has 0 aromatic carbocycles. The van der Waals surface area contributed by atoms with E-state index >= 15 is 0 Å². The number of esters is 3. The molecule has 350 valence electrons. The van der Waals surface area contributed by atoms with Crippen molar-refractivity contribution >= 4 is 17.9 Å². The molecule has 0 rings (SSSR count). The summed E-state index contributed by atoms with van der Waals surface area (Å²) in [6.45, 7) is 6.28. The summed E-state index contributed by atoms with van der Waals surface area (Å²) in [5, 5.41) is 0. The van der Waals surface area contributed by atoms with E-state index in [0.29, 0.717) is 19.3 Å². The third-order valence-corrected chi connectivity index (χ3v) is 10.2. The summed E-state index contributed by atoms with van der Waals surface area (Å²) in [5.74, 6) is -1.03. The third-order valence-electron chi connectivity index (χ3n) is 10.2. The fraction of sp³-hybridized carbons (Fsp3) is 0.625. The second-order valence-electron chi connectivity index (χ2n) is 16.1. The van der Waals surface area contributed by atoms with Gasteiger partial charge in [0, 0.05) is 19.3 Å². The van der Waals surface area contributed by atoms with E-state index in [1.54, 1.807) is 0 Å². The minimum Gasteiger partial charge on any atom is -0.462 e. The molecule has 0 saturated carbocycles. The number of unbranched alkanes of at least 4 members (excludes halogenated alkanes) is 18. The zero-order chi connectivity index (χ0) is 45.1. The molecule has 1 atom stereocenters. The standard InChI is InChI=1S/C56H90O6/c1-4-7-10-13-16-19-22-25-27-29-31-34-37-40-43-46-49-55(58)61-52-53(51-60-54(57)48-45-42-39-36-33-30-24-21-18-15-12-9-6-3)62-56(59)50-47-44-41-38-35-32-28-26-23-20-17-14-11-8-5-2/h7,9-10,12,15-16,18-19,21,24-25,27,30-31,33-34,36,39,53H,4-6,8,11,13-14,17,20,22-23,26,28-29,32,35,37-38,40-52H2,1-3H3/b10-7-,12-9-,18-15-,19-16-,24-21-,27-25-,33-30-,34-31-,39-36-. The molecule has 0 aliphatic carbocycles. The average molecular weight is 859 g/mol. The average Bonchev–Trinajstić information content (AvgIpc) is 3.27. The zero-order valence-electron chi connectivity index (χ0n) is 39.8. The molecule has 0 saturated heterocycles. The molecule has 0 N–H and O–H groups in total. The van der Waals surface area contributed by atoms with Crippen molar-refractivity contribution in [2.24, 2.45) is 0 Å². The number of hydrogen-bond acceptors (Lipinski definition) is 6. The van der Waals surface area contributed by atoms with Crippen LogP contribution in [0, 0.1) is 0 Å². The van der Waals surface area contributed by atoms with Gasteiger partial charge >= 0.3 is 17.9 Å². The molecule has 0 spiro atoms. The van der Waals surface area contributed by atoms with Crippen LogP contribution in [0.4, 0.5) is 0 Å². The van der Waals surface area contributed by atoms with Gasteiger partial charge in [0.05, 0.1) is 0 Å². The van der Waals surface area contributed by atoms with E-state index < -0.39 is 6.10 Å². The maximum atomic E-state index is 12.8. The van der Waals surface area contributed by atoms with Crippen molar-refractivity contribution in [2.45, 2.75) is 213 Å². The van der Waals surface area contributed by atoms with E-state index in [4.69, 9.17) is 14.2 Å². The Morgan fingerprint density at radius 2 is 0.726 bits per heavy atom. The predicted molar refractivity (Wildman–Crippen MR) is 265 cm³/mol. The number of hydrogen-bond donors (Lipinski definition) is 0. The van der Waals surface area contributed by atoms with Gasteiger partial charge < -0.3 is 14.2 Å². The molecule has 0 aliphatic rings. The van der Waals surface area contributed by atoms with Crippen LogP contribution in [0.3, 0.4) is 0 Å². The Hall–Kier alpha value is -3.93. The molecule has 0 fully saturated rings. The fourth-order valence-corrected chi connectivity index (χ4v) is 6.46. The lowest BCUT2D eigenvalue weighted by molar-refractivity contribution is -0.167. The molecule has 62 heavy (non-hydrogen) atoms. The maximum absolute atomic E-state index is 12.8. The molecule has 0 amide bonds. The van der Waals surface area contributed by atoms with Gasteiger partial charge in [-0.05, 0) is 70.6 Å². The highest BCUT2D eigenvalue weighted by Crippen LogP contribution is 2.15. The third kappa shape index (κ3) is 47.1. The van der Waals surface area contributed by atoms with Gasteiger partial charge in [0.1, 0.15) is 13.2 Å². The minimum absolute atomic E-state index is 0.118. The molecular formula is C56H90O6. The quantitative estimate of drug-likeness (QED) is 0.0200. The van der Waals surface area contributed by atoms with Crippen molar-refractivity contribution in [1.82, 2.24) is 0 Å². The first kappa shape index (κ1) is 58.1. The van der Waals surface area contributed by atoms with Gasteiger partial charge in [-0.25, -0.2) is 0 Å². The number of carbonyl (C=O) groups is 3. The molecular weight excluding hydrogens is 769 g/mol. The molecule has 0 bridgehead atoms. The van der Waals surface area contributed by atoms with Crippen LogP contribution in [0.25, 0.3) is 0 Å². The van der Waals surface area contributed by atoms with Gasteiger partial charge in [-0.1, -0.05) is 226 Å². The van der Waals surface area contributed by atoms with Crippen LogP contribution in [0.2, 0.25) is 0 Å². The van der Waals surface area contributed by atoms with Crippen LogP contribution in [0.15, 0.2) is 109 Å². The maximum Gasteiger partial charge on any atom is 0.306 e. The molecule has 0 heterocycles. The highest BCUT2D eigenvalue weighted by atomic mass is 16.6. The SMILES string of the molecule is CC\C=C/C=C\C=C/C=C\C=C/CCCC(=O)OCC(COC(=O)CCCCC/C=C\C/C=C\C/C=C\C/C=C\CC)OC(=O)CCCCCCCCCCCCCCCCC. The Kier molecular flexibility index (Phi) is 46.6. The lowest BCUT2D eigenvalue weighted by Crippen LogP contribution is -2.30. The summed E-state index contributed by atoms with van der Waals surface area (Å²) in [4.78, 5) is 37.9. The number of carbonyl (C=O) groups excluding carboxylic acids is 3. The summed E-state index contributed by atoms with van der Waals surface area (Å²) in [7, 11) is 0. The van der Waals surface area contributed by atoms with E-state index in [2.05, 4.69) is 75.5 Å². The Morgan fingerprint density at radius 1 is 0.355 bits per heavy atom. The number of ether oxygens (including phenoxy) is 3. The van der Waals surface area contributed by atoms with E-state index in [-0.39, 0.29) is 37.5 Å². The molecule has 6 nitrogen and oxygen atoms in total. The lowest BCUT2D eigenvalue weighted by Gasteiger charge is -2.18. The number of allylic oxidation sites excluding steroid dienone is 18. The zero-order valence-corrected chi connectivity index (χ0v) is 39.8. The smallest absolute Gasteiger partial charge is 0.306 e. The van der Waals surface area contributed by atoms with E-state index in [9.17, 15) is 14.4 Å². The molecule has 0 aromatic heterocycles. The first-order valence-corrected chi connectivity index (χ1v) is 25.0. The first-order valence-electron chi connectivity index (χ1n) is 25.0. The number of rotatable bonds is 43. The Balaban J connectivity index is 4.54. The summed E-state index contributed by atoms with van der Waals surface area (Å²) in [5.41, 5.74) is 0. The van der Waals surface area contributed by atoms with E-state index in [1.807, 2.05) is 54.7 Å². The molecule has 1 unspecified atom stereocenters. The van der Waals surface area contributed by atoms with Gasteiger partial charge in [-0.2, -0.15) is 0 Å². The monoisotopic (exact) mass is 859 g/mol. The Labute approximate surface area is 380 Å². The van der Waals surface area contributed by atoms with Crippen LogP contribution < -0.4 is 0 Å². The van der Waals surface area contributed by atoms with E-state index in [1.165, 1.54) is 77.0 Å².